The molecule has 190 valence electrons. The number of pyridine rings is 2. The molecule has 0 bridgehead atoms. The number of nitrogens with zero attached hydrogens (tertiary/aromatic N) is 3. The maximum absolute atomic E-state index is 11.8. The highest BCUT2D eigenvalue weighted by Gasteiger charge is 2.15. The number of para-hydroxylation sites is 1. The van der Waals surface area contributed by atoms with E-state index < -0.39 is 18.0 Å². The second-order valence-electron chi connectivity index (χ2n) is 8.97. The zero-order chi connectivity index (χ0) is 26.9. The molecule has 2 aromatic carbocycles. The van der Waals surface area contributed by atoms with Gasteiger partial charge in [0.25, 0.3) is 0 Å². The van der Waals surface area contributed by atoms with Gasteiger partial charge in [-0.15, -0.1) is 0 Å². The van der Waals surface area contributed by atoms with E-state index in [4.69, 9.17) is 4.42 Å². The molecule has 6 rings (SSSR count). The van der Waals surface area contributed by atoms with Gasteiger partial charge in [0, 0.05) is 22.7 Å². The van der Waals surface area contributed by atoms with Crippen molar-refractivity contribution in [1.82, 2.24) is 9.97 Å². The fraction of sp³-hybridized carbons (Fsp3) is 0.0323. The first-order chi connectivity index (χ1) is 18.9. The van der Waals surface area contributed by atoms with Gasteiger partial charge in [0.05, 0.1) is 22.5 Å². The zero-order valence-electron chi connectivity index (χ0n) is 20.4. The Hall–Kier alpha value is -5.50. The summed E-state index contributed by atoms with van der Waals surface area (Å²) in [6.45, 7) is 0. The van der Waals surface area contributed by atoms with Crippen molar-refractivity contribution in [2.75, 3.05) is 0 Å². The van der Waals surface area contributed by atoms with Gasteiger partial charge in [-0.3, -0.25) is 9.97 Å². The number of carbonyl (C=O) groups is 2. The number of carboxylic acids is 2. The van der Waals surface area contributed by atoms with Crippen molar-refractivity contribution in [3.05, 3.63) is 131 Å². The second-order valence-corrected chi connectivity index (χ2v) is 8.97. The van der Waals surface area contributed by atoms with Gasteiger partial charge in [0.15, 0.2) is 0 Å². The molecule has 0 fully saturated rings. The van der Waals surface area contributed by atoms with Gasteiger partial charge < -0.3 is 19.9 Å². The largest absolute Gasteiger partial charge is 0.680 e. The van der Waals surface area contributed by atoms with Crippen LogP contribution in [0.25, 0.3) is 44.7 Å². The summed E-state index contributed by atoms with van der Waals surface area (Å²) in [4.78, 5) is 32.0. The third-order valence-corrected chi connectivity index (χ3v) is 6.40. The topological polar surface area (TPSA) is 128 Å². The molecule has 3 aromatic heterocycles. The molecule has 0 radical (unpaired) electrons. The lowest BCUT2D eigenvalue weighted by Gasteiger charge is -2.30. The lowest BCUT2D eigenvalue weighted by atomic mass is 10.0. The zero-order valence-corrected chi connectivity index (χ0v) is 20.4. The lowest BCUT2D eigenvalue weighted by molar-refractivity contribution is 0.0685. The highest BCUT2D eigenvalue weighted by molar-refractivity contribution is 6.05. The minimum Gasteiger partial charge on any atom is -0.680 e. The van der Waals surface area contributed by atoms with E-state index in [9.17, 15) is 19.8 Å². The Morgan fingerprint density at radius 3 is 2.49 bits per heavy atom. The third-order valence-electron chi connectivity index (χ3n) is 6.40. The average molecular weight is 515 g/mol. The first kappa shape index (κ1) is 23.9. The summed E-state index contributed by atoms with van der Waals surface area (Å²) in [6.07, 6.45) is 10.7. The van der Waals surface area contributed by atoms with Crippen LogP contribution in [0.1, 0.15) is 38.0 Å². The molecule has 1 aliphatic heterocycles. The van der Waals surface area contributed by atoms with Gasteiger partial charge in [0.2, 0.25) is 0 Å². The van der Waals surface area contributed by atoms with E-state index in [-0.39, 0.29) is 22.5 Å². The number of hydrogen-bond donors (Lipinski definition) is 2. The molecule has 1 aliphatic rings. The molecule has 39 heavy (non-hydrogen) atoms. The van der Waals surface area contributed by atoms with E-state index in [1.807, 2.05) is 66.8 Å². The molecule has 8 heteroatoms. The van der Waals surface area contributed by atoms with Gasteiger partial charge in [-0.1, -0.05) is 54.6 Å². The van der Waals surface area contributed by atoms with E-state index in [0.29, 0.717) is 5.69 Å². The summed E-state index contributed by atoms with van der Waals surface area (Å²) in [5.41, 5.74) is 4.44. The van der Waals surface area contributed by atoms with Crippen LogP contribution < -0.4 is 0 Å². The fourth-order valence-electron chi connectivity index (χ4n) is 4.48. The summed E-state index contributed by atoms with van der Waals surface area (Å²) in [7, 11) is 0. The molecule has 1 atom stereocenters. The molecular formula is C31H20N3O5-. The lowest BCUT2D eigenvalue weighted by Crippen LogP contribution is -2.06. The molecule has 0 amide bonds. The van der Waals surface area contributed by atoms with E-state index in [0.717, 1.165) is 33.1 Å². The Balaban J connectivity index is 1.31. The molecule has 0 saturated carbocycles. The average Bonchev–Trinajstić information content (AvgIpc) is 3.34. The molecule has 0 aliphatic carbocycles. The summed E-state index contributed by atoms with van der Waals surface area (Å²) in [5.74, 6) is -2.25. The van der Waals surface area contributed by atoms with Crippen LogP contribution in [0.5, 0.6) is 0 Å². The summed E-state index contributed by atoms with van der Waals surface area (Å²) >= 11 is 0. The van der Waals surface area contributed by atoms with E-state index in [1.54, 1.807) is 6.20 Å². The Morgan fingerprint density at radius 1 is 0.846 bits per heavy atom. The summed E-state index contributed by atoms with van der Waals surface area (Å²) in [5, 5.41) is 25.6. The Bertz CT molecular complexity index is 1870. The predicted octanol–water partition coefficient (Wildman–Crippen LogP) is 7.02. The summed E-state index contributed by atoms with van der Waals surface area (Å²) in [6, 6.07) is 19.0. The van der Waals surface area contributed by atoms with Crippen LogP contribution in [-0.2, 0) is 0 Å². The number of benzene rings is 2. The monoisotopic (exact) mass is 514 g/mol. The van der Waals surface area contributed by atoms with Crippen LogP contribution in [0, 0.1) is 0 Å². The second kappa shape index (κ2) is 9.75. The van der Waals surface area contributed by atoms with Crippen molar-refractivity contribution in [3.63, 3.8) is 0 Å². The SMILES string of the molecule is O=C(O)c1ccnc(-c2cc(C(=O)O)cc(C3C=C(/C=C/c4ccc5c(c4)oc4ccccc45)C=C[N-]3)n2)c1. The number of furan rings is 1. The number of fused-ring (bicyclic) bond motifs is 3. The number of hydrogen-bond acceptors (Lipinski definition) is 5. The van der Waals surface area contributed by atoms with Crippen molar-refractivity contribution in [2.45, 2.75) is 6.04 Å². The van der Waals surface area contributed by atoms with Crippen molar-refractivity contribution >= 4 is 40.0 Å². The van der Waals surface area contributed by atoms with Crippen LogP contribution in [0.3, 0.4) is 0 Å². The fourth-order valence-corrected chi connectivity index (χ4v) is 4.48. The molecule has 0 spiro atoms. The first-order valence-electron chi connectivity index (χ1n) is 12.1. The standard InChI is InChI=1S/C31H20N3O5/c35-30(36)20-10-12-33-25(15-20)27-17-21(31(37)38)16-26(34-27)24-13-19(9-11-32-24)6-5-18-7-8-23-22-3-1-2-4-28(22)39-29(23)14-18/h1-17,24H,(H,35,36)(H,37,38)/q-1/b6-5+. The Labute approximate surface area is 222 Å². The highest BCUT2D eigenvalue weighted by atomic mass is 16.4. The van der Waals surface area contributed by atoms with Crippen LogP contribution in [-0.4, -0.2) is 32.1 Å². The number of rotatable bonds is 6. The maximum atomic E-state index is 11.8. The van der Waals surface area contributed by atoms with Gasteiger partial charge in [-0.05, 0) is 53.6 Å². The first-order valence-corrected chi connectivity index (χ1v) is 12.1. The van der Waals surface area contributed by atoms with Crippen LogP contribution in [0.4, 0.5) is 0 Å². The van der Waals surface area contributed by atoms with Crippen molar-refractivity contribution in [3.8, 4) is 11.4 Å². The number of aromatic carboxylic acids is 2. The number of allylic oxidation sites excluding steroid dienone is 3. The van der Waals surface area contributed by atoms with Crippen LogP contribution in [0.2, 0.25) is 0 Å². The quantitative estimate of drug-likeness (QED) is 0.249. The molecule has 8 nitrogen and oxygen atoms in total. The van der Waals surface area contributed by atoms with Crippen LogP contribution >= 0.6 is 0 Å². The van der Waals surface area contributed by atoms with E-state index in [2.05, 4.69) is 15.3 Å². The highest BCUT2D eigenvalue weighted by Crippen LogP contribution is 2.32. The summed E-state index contributed by atoms with van der Waals surface area (Å²) < 4.78 is 5.99. The van der Waals surface area contributed by atoms with Gasteiger partial charge in [-0.2, -0.15) is 6.20 Å². The molecular weight excluding hydrogens is 494 g/mol. The van der Waals surface area contributed by atoms with Crippen molar-refractivity contribution in [2.24, 2.45) is 0 Å². The third kappa shape index (κ3) is 4.78. The smallest absolute Gasteiger partial charge is 0.335 e. The molecule has 1 unspecified atom stereocenters. The minimum atomic E-state index is -1.13. The minimum absolute atomic E-state index is 0.00640. The van der Waals surface area contributed by atoms with E-state index in [1.165, 1.54) is 30.5 Å². The van der Waals surface area contributed by atoms with Crippen LogP contribution in [0.15, 0.2) is 107 Å². The molecule has 5 aromatic rings. The van der Waals surface area contributed by atoms with Crippen molar-refractivity contribution in [1.29, 1.82) is 0 Å². The molecule has 0 saturated heterocycles. The van der Waals surface area contributed by atoms with Crippen molar-refractivity contribution < 1.29 is 24.2 Å². The Morgan fingerprint density at radius 2 is 1.64 bits per heavy atom. The Kier molecular flexibility index (Phi) is 5.97. The van der Waals surface area contributed by atoms with Gasteiger partial charge in [0.1, 0.15) is 11.2 Å². The molecule has 2 N–H and O–H groups in total. The van der Waals surface area contributed by atoms with E-state index >= 15 is 0 Å². The normalized spacial score (nSPS) is 15.0. The van der Waals surface area contributed by atoms with Gasteiger partial charge >= 0.3 is 11.9 Å². The number of carboxylic acid groups (broad SMARTS) is 2. The van der Waals surface area contributed by atoms with Gasteiger partial charge in [-0.25, -0.2) is 9.59 Å². The predicted molar refractivity (Wildman–Crippen MR) is 147 cm³/mol. The maximum Gasteiger partial charge on any atom is 0.335 e. The number of aromatic nitrogens is 2. The molecule has 4 heterocycles.